The second-order valence-corrected chi connectivity index (χ2v) is 6.34. The second kappa shape index (κ2) is 5.49. The highest BCUT2D eigenvalue weighted by Gasteiger charge is 2.17. The molecule has 3 rings (SSSR count). The Morgan fingerprint density at radius 1 is 1.17 bits per heavy atom. The lowest BCUT2D eigenvalue weighted by Crippen LogP contribution is -2.16. The number of furan rings is 1. The van der Waals surface area contributed by atoms with Crippen LogP contribution in [0.4, 0.5) is 10.1 Å². The van der Waals surface area contributed by atoms with E-state index in [4.69, 9.17) is 9.56 Å². The molecule has 0 aliphatic carbocycles. The minimum atomic E-state index is -4.03. The number of anilines is 1. The van der Waals surface area contributed by atoms with Crippen molar-refractivity contribution in [2.24, 2.45) is 5.14 Å². The molecule has 1 amide bonds. The SMILES string of the molecule is NS(=O)(=O)c1ccc(C(=O)Nc2cccc3occc23)c(F)c1. The number of carbonyl (C=O) groups excluding carboxylic acids is 1. The molecular formula is C15H11FN2O4S. The molecule has 0 unspecified atom stereocenters. The highest BCUT2D eigenvalue weighted by Crippen LogP contribution is 2.25. The normalized spacial score (nSPS) is 11.6. The van der Waals surface area contributed by atoms with Crippen molar-refractivity contribution in [2.75, 3.05) is 5.32 Å². The fraction of sp³-hybridized carbons (Fsp3) is 0. The molecule has 0 fully saturated rings. The summed E-state index contributed by atoms with van der Waals surface area (Å²) in [6.45, 7) is 0. The predicted octanol–water partition coefficient (Wildman–Crippen LogP) is 2.47. The number of rotatable bonds is 3. The summed E-state index contributed by atoms with van der Waals surface area (Å²) in [5.74, 6) is -1.69. The zero-order valence-electron chi connectivity index (χ0n) is 11.6. The van der Waals surface area contributed by atoms with Gasteiger partial charge in [-0.25, -0.2) is 17.9 Å². The van der Waals surface area contributed by atoms with Crippen molar-refractivity contribution in [2.45, 2.75) is 4.90 Å². The molecule has 6 nitrogen and oxygen atoms in total. The van der Waals surface area contributed by atoms with Gasteiger partial charge in [0.15, 0.2) is 0 Å². The lowest BCUT2D eigenvalue weighted by atomic mass is 10.1. The van der Waals surface area contributed by atoms with Crippen LogP contribution in [-0.4, -0.2) is 14.3 Å². The lowest BCUT2D eigenvalue weighted by Gasteiger charge is -2.08. The van der Waals surface area contributed by atoms with E-state index in [1.165, 1.54) is 6.26 Å². The van der Waals surface area contributed by atoms with Crippen molar-refractivity contribution in [1.82, 2.24) is 0 Å². The molecule has 0 aliphatic heterocycles. The summed E-state index contributed by atoms with van der Waals surface area (Å²) in [6.07, 6.45) is 1.47. The van der Waals surface area contributed by atoms with Crippen molar-refractivity contribution >= 4 is 32.6 Å². The maximum absolute atomic E-state index is 14.0. The Morgan fingerprint density at radius 3 is 2.65 bits per heavy atom. The third-order valence-corrected chi connectivity index (χ3v) is 4.17. The third kappa shape index (κ3) is 2.94. The van der Waals surface area contributed by atoms with Crippen LogP contribution in [0.15, 0.2) is 58.0 Å². The Labute approximate surface area is 130 Å². The maximum Gasteiger partial charge on any atom is 0.258 e. The molecule has 118 valence electrons. The number of benzene rings is 2. The number of primary sulfonamides is 1. The molecule has 0 aliphatic rings. The van der Waals surface area contributed by atoms with Gasteiger partial charge in [0.05, 0.1) is 22.4 Å². The van der Waals surface area contributed by atoms with E-state index < -0.39 is 26.6 Å². The van der Waals surface area contributed by atoms with Crippen LogP contribution in [-0.2, 0) is 10.0 Å². The molecule has 0 saturated heterocycles. The Morgan fingerprint density at radius 2 is 1.96 bits per heavy atom. The van der Waals surface area contributed by atoms with Crippen LogP contribution in [0.25, 0.3) is 11.0 Å². The van der Waals surface area contributed by atoms with E-state index in [-0.39, 0.29) is 5.56 Å². The van der Waals surface area contributed by atoms with E-state index in [1.54, 1.807) is 24.3 Å². The van der Waals surface area contributed by atoms with E-state index >= 15 is 0 Å². The number of nitrogens with two attached hydrogens (primary N) is 1. The minimum Gasteiger partial charge on any atom is -0.464 e. The first-order valence-electron chi connectivity index (χ1n) is 6.46. The molecule has 0 atom stereocenters. The van der Waals surface area contributed by atoms with Crippen LogP contribution < -0.4 is 10.5 Å². The van der Waals surface area contributed by atoms with Crippen LogP contribution >= 0.6 is 0 Å². The molecular weight excluding hydrogens is 323 g/mol. The van der Waals surface area contributed by atoms with Crippen LogP contribution in [0, 0.1) is 5.82 Å². The number of fused-ring (bicyclic) bond motifs is 1. The van der Waals surface area contributed by atoms with Gasteiger partial charge in [-0.15, -0.1) is 0 Å². The van der Waals surface area contributed by atoms with Crippen LogP contribution in [0.5, 0.6) is 0 Å². The molecule has 23 heavy (non-hydrogen) atoms. The molecule has 1 heterocycles. The molecule has 2 aromatic carbocycles. The number of nitrogens with one attached hydrogen (secondary N) is 1. The molecule has 3 N–H and O–H groups in total. The van der Waals surface area contributed by atoms with Gasteiger partial charge in [0, 0.05) is 5.39 Å². The maximum atomic E-state index is 14.0. The molecule has 8 heteroatoms. The Kier molecular flexibility index (Phi) is 3.63. The highest BCUT2D eigenvalue weighted by molar-refractivity contribution is 7.89. The Bertz CT molecular complexity index is 1010. The standard InChI is InChI=1S/C15H11FN2O4S/c16-12-8-9(23(17,20)21)4-5-10(12)15(19)18-13-2-1-3-14-11(13)6-7-22-14/h1-8H,(H,18,19)(H2,17,20,21). The zero-order valence-corrected chi connectivity index (χ0v) is 12.4. The van der Waals surface area contributed by atoms with Gasteiger partial charge >= 0.3 is 0 Å². The summed E-state index contributed by atoms with van der Waals surface area (Å²) in [7, 11) is -4.03. The largest absolute Gasteiger partial charge is 0.464 e. The molecule has 0 spiro atoms. The van der Waals surface area contributed by atoms with E-state index in [0.717, 1.165) is 12.1 Å². The number of hydrogen-bond donors (Lipinski definition) is 2. The lowest BCUT2D eigenvalue weighted by molar-refractivity contribution is 0.102. The fourth-order valence-corrected chi connectivity index (χ4v) is 2.68. The first kappa shape index (κ1) is 15.2. The predicted molar refractivity (Wildman–Crippen MR) is 81.9 cm³/mol. The van der Waals surface area contributed by atoms with E-state index in [9.17, 15) is 17.6 Å². The number of sulfonamides is 1. The fourth-order valence-electron chi connectivity index (χ4n) is 2.15. The molecule has 0 bridgehead atoms. The third-order valence-electron chi connectivity index (χ3n) is 3.26. The van der Waals surface area contributed by atoms with E-state index in [2.05, 4.69) is 5.32 Å². The van der Waals surface area contributed by atoms with Gasteiger partial charge in [-0.3, -0.25) is 4.79 Å². The van der Waals surface area contributed by atoms with Crippen molar-refractivity contribution < 1.29 is 22.0 Å². The second-order valence-electron chi connectivity index (χ2n) is 4.78. The average molecular weight is 334 g/mol. The van der Waals surface area contributed by atoms with E-state index in [0.29, 0.717) is 22.7 Å². The first-order valence-corrected chi connectivity index (χ1v) is 8.01. The summed E-state index contributed by atoms with van der Waals surface area (Å²) in [5.41, 5.74) is 0.738. The van der Waals surface area contributed by atoms with Gasteiger partial charge in [-0.05, 0) is 36.4 Å². The van der Waals surface area contributed by atoms with Gasteiger partial charge in [0.25, 0.3) is 5.91 Å². The van der Waals surface area contributed by atoms with Gasteiger partial charge in [-0.2, -0.15) is 0 Å². The number of amides is 1. The van der Waals surface area contributed by atoms with Gasteiger partial charge in [0.1, 0.15) is 11.4 Å². The molecule has 1 aromatic heterocycles. The summed E-state index contributed by atoms with van der Waals surface area (Å²) in [6, 6.07) is 9.58. The quantitative estimate of drug-likeness (QED) is 0.768. The number of carbonyl (C=O) groups is 1. The first-order chi connectivity index (χ1) is 10.9. The summed E-state index contributed by atoms with van der Waals surface area (Å²) < 4.78 is 41.6. The Hall–Kier alpha value is -2.71. The van der Waals surface area contributed by atoms with Crippen molar-refractivity contribution in [1.29, 1.82) is 0 Å². The Balaban J connectivity index is 1.94. The smallest absolute Gasteiger partial charge is 0.258 e. The van der Waals surface area contributed by atoms with Crippen LogP contribution in [0.1, 0.15) is 10.4 Å². The monoisotopic (exact) mass is 334 g/mol. The highest BCUT2D eigenvalue weighted by atomic mass is 32.2. The minimum absolute atomic E-state index is 0.294. The number of hydrogen-bond acceptors (Lipinski definition) is 4. The molecule has 3 aromatic rings. The van der Waals surface area contributed by atoms with Gasteiger partial charge < -0.3 is 9.73 Å². The molecule has 0 saturated carbocycles. The van der Waals surface area contributed by atoms with Crippen LogP contribution in [0.3, 0.4) is 0 Å². The van der Waals surface area contributed by atoms with Gasteiger partial charge in [0.2, 0.25) is 10.0 Å². The number of halogens is 1. The topological polar surface area (TPSA) is 102 Å². The van der Waals surface area contributed by atoms with E-state index in [1.807, 2.05) is 0 Å². The average Bonchev–Trinajstić information content (AvgIpc) is 2.95. The summed E-state index contributed by atoms with van der Waals surface area (Å²) in [4.78, 5) is 11.8. The summed E-state index contributed by atoms with van der Waals surface area (Å²) in [5, 5.41) is 8.16. The van der Waals surface area contributed by atoms with Gasteiger partial charge in [-0.1, -0.05) is 6.07 Å². The van der Waals surface area contributed by atoms with Crippen molar-refractivity contribution in [3.05, 3.63) is 60.1 Å². The van der Waals surface area contributed by atoms with Crippen LogP contribution in [0.2, 0.25) is 0 Å². The zero-order chi connectivity index (χ0) is 16.6. The van der Waals surface area contributed by atoms with Crippen molar-refractivity contribution in [3.8, 4) is 0 Å². The molecule has 0 radical (unpaired) electrons. The van der Waals surface area contributed by atoms with Crippen molar-refractivity contribution in [3.63, 3.8) is 0 Å². The summed E-state index contributed by atoms with van der Waals surface area (Å²) >= 11 is 0.